The maximum absolute atomic E-state index is 13.2. The standard InChI is InChI=1S/C30H36N4O7/c1-29(2,3)41-28(37)34-17-25(39-13-12-30(4,38)18-34)26(35)32-22(16-31)14-19-6-8-20(9-7-19)21-10-11-24-23(15-21)33(5)27(36)40-24/h6-11,15,22,25,38H,12-14,17-18H2,1-5H3,(H,32,35)/t22-,25-,30+/m0/s1. The van der Waals surface area contributed by atoms with Crippen LogP contribution in [0.3, 0.4) is 0 Å². The Morgan fingerprint density at radius 3 is 2.56 bits per heavy atom. The van der Waals surface area contributed by atoms with Gasteiger partial charge in [0, 0.05) is 19.9 Å². The predicted octanol–water partition coefficient (Wildman–Crippen LogP) is 3.13. The second-order valence-corrected chi connectivity index (χ2v) is 11.7. The fourth-order valence-corrected chi connectivity index (χ4v) is 4.62. The number of rotatable bonds is 5. The largest absolute Gasteiger partial charge is 0.444 e. The number of oxazole rings is 1. The lowest BCUT2D eigenvalue weighted by molar-refractivity contribution is -0.139. The Bertz CT molecular complexity index is 1510. The van der Waals surface area contributed by atoms with Gasteiger partial charge in [-0.3, -0.25) is 9.36 Å². The normalized spacial score (nSPS) is 20.5. The van der Waals surface area contributed by atoms with E-state index in [0.717, 1.165) is 16.7 Å². The molecule has 0 radical (unpaired) electrons. The van der Waals surface area contributed by atoms with Crippen molar-refractivity contribution in [1.82, 2.24) is 14.8 Å². The summed E-state index contributed by atoms with van der Waals surface area (Å²) in [5.41, 5.74) is 1.90. The van der Waals surface area contributed by atoms with E-state index in [1.54, 1.807) is 40.8 Å². The highest BCUT2D eigenvalue weighted by Crippen LogP contribution is 2.25. The lowest BCUT2D eigenvalue weighted by atomic mass is 10.00. The molecule has 4 rings (SSSR count). The van der Waals surface area contributed by atoms with Crippen molar-refractivity contribution < 1.29 is 28.6 Å². The van der Waals surface area contributed by atoms with Gasteiger partial charge in [-0.1, -0.05) is 30.3 Å². The molecule has 2 amide bonds. The first-order valence-corrected chi connectivity index (χ1v) is 13.5. The van der Waals surface area contributed by atoms with Gasteiger partial charge in [0.25, 0.3) is 5.91 Å². The predicted molar refractivity (Wildman–Crippen MR) is 151 cm³/mol. The molecule has 11 nitrogen and oxygen atoms in total. The van der Waals surface area contributed by atoms with Crippen LogP contribution in [0.15, 0.2) is 51.7 Å². The first kappa shape index (κ1) is 29.8. The second-order valence-electron chi connectivity index (χ2n) is 11.7. The third-order valence-electron chi connectivity index (χ3n) is 6.81. The molecular formula is C30H36N4O7. The highest BCUT2D eigenvalue weighted by Gasteiger charge is 2.36. The third kappa shape index (κ3) is 7.54. The number of aromatic nitrogens is 1. The van der Waals surface area contributed by atoms with Crippen molar-refractivity contribution in [2.75, 3.05) is 19.7 Å². The van der Waals surface area contributed by atoms with Gasteiger partial charge in [-0.05, 0) is 56.5 Å². The van der Waals surface area contributed by atoms with Crippen LogP contribution >= 0.6 is 0 Å². The number of amides is 2. The average Bonchev–Trinajstić information content (AvgIpc) is 3.17. The van der Waals surface area contributed by atoms with Crippen LogP contribution in [0, 0.1) is 11.3 Å². The first-order chi connectivity index (χ1) is 19.2. The number of nitrogens with zero attached hydrogens (tertiary/aromatic N) is 3. The molecule has 3 aromatic rings. The zero-order valence-electron chi connectivity index (χ0n) is 24.0. The summed E-state index contributed by atoms with van der Waals surface area (Å²) in [6, 6.07) is 14.4. The number of aliphatic hydroxyl groups is 1. The van der Waals surface area contributed by atoms with Gasteiger partial charge in [-0.15, -0.1) is 0 Å². The summed E-state index contributed by atoms with van der Waals surface area (Å²) >= 11 is 0. The molecule has 11 heteroatoms. The van der Waals surface area contributed by atoms with Crippen LogP contribution < -0.4 is 11.1 Å². The maximum Gasteiger partial charge on any atom is 0.419 e. The van der Waals surface area contributed by atoms with E-state index in [0.29, 0.717) is 11.1 Å². The monoisotopic (exact) mass is 564 g/mol. The van der Waals surface area contributed by atoms with E-state index >= 15 is 0 Å². The Kier molecular flexibility index (Phi) is 8.56. The quantitative estimate of drug-likeness (QED) is 0.481. The van der Waals surface area contributed by atoms with Crippen LogP contribution in [0.5, 0.6) is 0 Å². The number of hydrogen-bond donors (Lipinski definition) is 2. The van der Waals surface area contributed by atoms with E-state index in [2.05, 4.69) is 11.4 Å². The molecule has 1 saturated heterocycles. The molecule has 0 spiro atoms. The average molecular weight is 565 g/mol. The first-order valence-electron chi connectivity index (χ1n) is 13.5. The van der Waals surface area contributed by atoms with Crippen LogP contribution in [0.4, 0.5) is 4.79 Å². The van der Waals surface area contributed by atoms with Gasteiger partial charge in [-0.2, -0.15) is 5.26 Å². The summed E-state index contributed by atoms with van der Waals surface area (Å²) in [7, 11) is 1.65. The minimum atomic E-state index is -1.21. The number of nitriles is 1. The number of β-amino-alcohol motifs (C(OH)–C–C–N with tert-alkyl or cyclic N) is 1. The molecule has 1 fully saturated rings. The third-order valence-corrected chi connectivity index (χ3v) is 6.81. The molecule has 2 N–H and O–H groups in total. The molecule has 3 atom stereocenters. The van der Waals surface area contributed by atoms with E-state index in [4.69, 9.17) is 13.9 Å². The van der Waals surface area contributed by atoms with Crippen molar-refractivity contribution >= 4 is 23.1 Å². The number of nitrogens with one attached hydrogen (secondary N) is 1. The van der Waals surface area contributed by atoms with Crippen LogP contribution in [-0.4, -0.2) is 69.6 Å². The van der Waals surface area contributed by atoms with Gasteiger partial charge in [0.05, 0.1) is 36.9 Å². The Labute approximate surface area is 238 Å². The van der Waals surface area contributed by atoms with Gasteiger partial charge >= 0.3 is 11.8 Å². The number of ether oxygens (including phenoxy) is 2. The summed E-state index contributed by atoms with van der Waals surface area (Å²) in [4.78, 5) is 39.0. The van der Waals surface area contributed by atoms with Crippen molar-refractivity contribution in [2.45, 2.75) is 63.9 Å². The molecule has 0 aliphatic carbocycles. The summed E-state index contributed by atoms with van der Waals surface area (Å²) in [6.45, 7) is 6.77. The summed E-state index contributed by atoms with van der Waals surface area (Å²) in [6.07, 6.45) is -1.22. The molecule has 2 heterocycles. The fourth-order valence-electron chi connectivity index (χ4n) is 4.62. The van der Waals surface area contributed by atoms with Gasteiger partial charge in [0.2, 0.25) is 0 Å². The van der Waals surface area contributed by atoms with E-state index in [1.165, 1.54) is 9.47 Å². The lowest BCUT2D eigenvalue weighted by Crippen LogP contribution is -2.55. The summed E-state index contributed by atoms with van der Waals surface area (Å²) < 4.78 is 17.8. The SMILES string of the molecule is Cn1c(=O)oc2ccc(-c3ccc(C[C@@H](C#N)NC(=O)[C@@H]4CN(C(=O)OC(C)(C)C)C[C@](C)(O)CCO4)cc3)cc21. The van der Waals surface area contributed by atoms with Crippen molar-refractivity contribution in [3.63, 3.8) is 0 Å². The van der Waals surface area contributed by atoms with Crippen LogP contribution in [-0.2, 0) is 27.7 Å². The lowest BCUT2D eigenvalue weighted by Gasteiger charge is -2.37. The fraction of sp³-hybridized carbons (Fsp3) is 0.467. The Morgan fingerprint density at radius 1 is 1.22 bits per heavy atom. The highest BCUT2D eigenvalue weighted by molar-refractivity contribution is 5.83. The minimum Gasteiger partial charge on any atom is -0.444 e. The molecule has 1 aromatic heterocycles. The molecule has 2 aromatic carbocycles. The minimum absolute atomic E-state index is 0.0209. The number of carbonyl (C=O) groups is 2. The molecular weight excluding hydrogens is 528 g/mol. The topological polar surface area (TPSA) is 147 Å². The van der Waals surface area contributed by atoms with Crippen LogP contribution in [0.1, 0.15) is 39.7 Å². The molecule has 0 bridgehead atoms. The number of hydrogen-bond acceptors (Lipinski definition) is 8. The molecule has 218 valence electrons. The second kappa shape index (κ2) is 11.8. The zero-order chi connectivity index (χ0) is 29.9. The van der Waals surface area contributed by atoms with Gasteiger partial charge in [0.15, 0.2) is 11.7 Å². The molecule has 41 heavy (non-hydrogen) atoms. The zero-order valence-corrected chi connectivity index (χ0v) is 24.0. The van der Waals surface area contributed by atoms with E-state index in [1.807, 2.05) is 36.4 Å². The van der Waals surface area contributed by atoms with E-state index in [-0.39, 0.29) is 32.5 Å². The van der Waals surface area contributed by atoms with Gasteiger partial charge in [0.1, 0.15) is 11.6 Å². The molecule has 0 unspecified atom stereocenters. The number of carbonyl (C=O) groups excluding carboxylic acids is 2. The number of fused-ring (bicyclic) bond motifs is 1. The highest BCUT2D eigenvalue weighted by atomic mass is 16.6. The van der Waals surface area contributed by atoms with E-state index in [9.17, 15) is 24.8 Å². The molecule has 0 saturated carbocycles. The maximum atomic E-state index is 13.2. The Hall–Kier alpha value is -4.14. The smallest absolute Gasteiger partial charge is 0.419 e. The van der Waals surface area contributed by atoms with E-state index < -0.39 is 41.1 Å². The molecule has 1 aliphatic rings. The number of benzene rings is 2. The van der Waals surface area contributed by atoms with Crippen molar-refractivity contribution in [3.8, 4) is 17.2 Å². The van der Waals surface area contributed by atoms with Gasteiger partial charge in [-0.25, -0.2) is 9.59 Å². The van der Waals surface area contributed by atoms with Crippen LogP contribution in [0.2, 0.25) is 0 Å². The van der Waals surface area contributed by atoms with Crippen molar-refractivity contribution in [1.29, 1.82) is 5.26 Å². The van der Waals surface area contributed by atoms with Gasteiger partial charge < -0.3 is 29.2 Å². The number of aryl methyl sites for hydroxylation is 1. The summed E-state index contributed by atoms with van der Waals surface area (Å²) in [5.74, 6) is -0.950. The van der Waals surface area contributed by atoms with Crippen LogP contribution in [0.25, 0.3) is 22.2 Å². The Balaban J connectivity index is 1.42. The Morgan fingerprint density at radius 2 is 1.90 bits per heavy atom. The van der Waals surface area contributed by atoms with Crippen molar-refractivity contribution in [2.24, 2.45) is 7.05 Å². The molecule has 1 aliphatic heterocycles. The van der Waals surface area contributed by atoms with Crippen molar-refractivity contribution in [3.05, 3.63) is 58.6 Å². The summed E-state index contributed by atoms with van der Waals surface area (Å²) in [5, 5.41) is 23.1.